The highest BCUT2D eigenvalue weighted by atomic mass is 16.6. The van der Waals surface area contributed by atoms with Crippen LogP contribution in [0.4, 0.5) is 9.59 Å². The van der Waals surface area contributed by atoms with Gasteiger partial charge in [0.1, 0.15) is 18.2 Å². The number of allylic oxidation sites excluding steroid dienone is 1. The highest BCUT2D eigenvalue weighted by Crippen LogP contribution is 2.60. The molecule has 3 aliphatic rings. The van der Waals surface area contributed by atoms with Crippen LogP contribution in [-0.2, 0) is 20.9 Å². The van der Waals surface area contributed by atoms with E-state index in [2.05, 4.69) is 39.6 Å². The SMILES string of the molecule is C=CCCC(C)(C)CN(C[C@@]12C[C@@H](C(=O)NC3CC(C)(C)C3)N(C(=O)OC(C)(C)C)[C@@H]1C2)C(=O)OCc1ccccc1. The molecule has 0 bridgehead atoms. The van der Waals surface area contributed by atoms with Crippen molar-refractivity contribution >= 4 is 18.1 Å². The van der Waals surface area contributed by atoms with E-state index in [4.69, 9.17) is 9.47 Å². The Hall–Kier alpha value is -3.03. The van der Waals surface area contributed by atoms with Gasteiger partial charge < -0.3 is 19.7 Å². The maximum atomic E-state index is 13.6. The van der Waals surface area contributed by atoms with Gasteiger partial charge in [0.05, 0.1) is 0 Å². The Labute approximate surface area is 252 Å². The van der Waals surface area contributed by atoms with Crippen molar-refractivity contribution < 1.29 is 23.9 Å². The lowest BCUT2D eigenvalue weighted by molar-refractivity contribution is -0.128. The molecular weight excluding hydrogens is 530 g/mol. The minimum absolute atomic E-state index is 0.121. The maximum absolute atomic E-state index is 13.6. The number of hydrogen-bond donors (Lipinski definition) is 1. The van der Waals surface area contributed by atoms with E-state index in [0.29, 0.717) is 19.5 Å². The lowest BCUT2D eigenvalue weighted by Crippen LogP contribution is -2.55. The van der Waals surface area contributed by atoms with Crippen LogP contribution >= 0.6 is 0 Å². The standard InChI is InChI=1S/C34H51N3O5/c1-9-10-16-32(5,6)22-36(29(39)41-21-24-14-12-11-13-15-24)23-34-19-26(28(38)35-25-17-33(7,8)18-25)37(27(34)20-34)30(40)42-31(2,3)4/h9,11-15,25-27H,1,10,16-23H2,2-8H3,(H,35,38)/t26-,27+,34-/m0/s1. The number of carbonyl (C=O) groups is 3. The molecule has 1 aromatic rings. The Bertz CT molecular complexity index is 1150. The van der Waals surface area contributed by atoms with Gasteiger partial charge in [-0.2, -0.15) is 0 Å². The minimum Gasteiger partial charge on any atom is -0.445 e. The van der Waals surface area contributed by atoms with Crippen LogP contribution < -0.4 is 5.32 Å². The number of likely N-dealkylation sites (tertiary alicyclic amines) is 1. The molecule has 1 aliphatic heterocycles. The van der Waals surface area contributed by atoms with Crippen molar-refractivity contribution in [1.29, 1.82) is 0 Å². The number of ether oxygens (including phenoxy) is 2. The second kappa shape index (κ2) is 11.9. The molecule has 8 nitrogen and oxygen atoms in total. The van der Waals surface area contributed by atoms with Gasteiger partial charge in [0, 0.05) is 30.6 Å². The fourth-order valence-electron chi connectivity index (χ4n) is 6.80. The molecule has 3 amide bonds. The molecule has 3 fully saturated rings. The first-order valence-corrected chi connectivity index (χ1v) is 15.4. The van der Waals surface area contributed by atoms with Gasteiger partial charge in [-0.15, -0.1) is 6.58 Å². The third kappa shape index (κ3) is 7.87. The van der Waals surface area contributed by atoms with Crippen LogP contribution in [0.25, 0.3) is 0 Å². The molecule has 1 heterocycles. The van der Waals surface area contributed by atoms with Gasteiger partial charge in [-0.1, -0.05) is 64.1 Å². The first-order valence-electron chi connectivity index (χ1n) is 15.4. The molecule has 232 valence electrons. The molecular formula is C34H51N3O5. The quantitative estimate of drug-likeness (QED) is 0.294. The molecule has 1 N–H and O–H groups in total. The maximum Gasteiger partial charge on any atom is 0.411 e. The van der Waals surface area contributed by atoms with E-state index in [0.717, 1.165) is 37.7 Å². The minimum atomic E-state index is -0.682. The van der Waals surface area contributed by atoms with Gasteiger partial charge in [-0.3, -0.25) is 9.69 Å². The van der Waals surface area contributed by atoms with Crippen LogP contribution in [0.1, 0.15) is 92.6 Å². The fourth-order valence-corrected chi connectivity index (χ4v) is 6.80. The summed E-state index contributed by atoms with van der Waals surface area (Å²) in [6.45, 7) is 19.2. The van der Waals surface area contributed by atoms with Crippen molar-refractivity contribution in [3.05, 3.63) is 48.6 Å². The normalized spacial score (nSPS) is 24.7. The predicted octanol–water partition coefficient (Wildman–Crippen LogP) is 6.69. The van der Waals surface area contributed by atoms with Gasteiger partial charge >= 0.3 is 12.2 Å². The van der Waals surface area contributed by atoms with E-state index in [1.165, 1.54) is 0 Å². The molecule has 2 aliphatic carbocycles. The molecule has 4 rings (SSSR count). The third-order valence-electron chi connectivity index (χ3n) is 8.88. The van der Waals surface area contributed by atoms with E-state index < -0.39 is 17.7 Å². The van der Waals surface area contributed by atoms with Crippen LogP contribution in [0.3, 0.4) is 0 Å². The number of fused-ring (bicyclic) bond motifs is 1. The molecule has 1 saturated heterocycles. The van der Waals surface area contributed by atoms with Crippen molar-refractivity contribution in [2.24, 2.45) is 16.2 Å². The average Bonchev–Trinajstić information content (AvgIpc) is 3.46. The number of benzene rings is 1. The molecule has 1 aromatic carbocycles. The third-order valence-corrected chi connectivity index (χ3v) is 8.88. The Kier molecular flexibility index (Phi) is 9.06. The van der Waals surface area contributed by atoms with Crippen LogP contribution in [0, 0.1) is 16.2 Å². The van der Waals surface area contributed by atoms with E-state index in [-0.39, 0.29) is 46.9 Å². The summed E-state index contributed by atoms with van der Waals surface area (Å²) in [5, 5.41) is 3.19. The number of carbonyl (C=O) groups excluding carboxylic acids is 3. The summed E-state index contributed by atoms with van der Waals surface area (Å²) in [5.41, 5.74) is -0.0809. The predicted molar refractivity (Wildman–Crippen MR) is 164 cm³/mol. The van der Waals surface area contributed by atoms with E-state index >= 15 is 0 Å². The van der Waals surface area contributed by atoms with Crippen LogP contribution in [0.5, 0.6) is 0 Å². The number of hydrogen-bond acceptors (Lipinski definition) is 5. The number of piperidine rings is 1. The van der Waals surface area contributed by atoms with Crippen molar-refractivity contribution in [2.45, 2.75) is 117 Å². The topological polar surface area (TPSA) is 88.2 Å². The van der Waals surface area contributed by atoms with Crippen LogP contribution in [-0.4, -0.2) is 64.7 Å². The Morgan fingerprint density at radius 1 is 1.07 bits per heavy atom. The highest BCUT2D eigenvalue weighted by Gasteiger charge is 2.68. The lowest BCUT2D eigenvalue weighted by atomic mass is 9.68. The summed E-state index contributed by atoms with van der Waals surface area (Å²) in [4.78, 5) is 44.1. The second-order valence-electron chi connectivity index (χ2n) is 15.4. The molecule has 0 radical (unpaired) electrons. The summed E-state index contributed by atoms with van der Waals surface area (Å²) in [6, 6.07) is 8.98. The van der Waals surface area contributed by atoms with Crippen molar-refractivity contribution in [3.8, 4) is 0 Å². The zero-order chi connectivity index (χ0) is 30.9. The molecule has 0 spiro atoms. The largest absolute Gasteiger partial charge is 0.445 e. The Morgan fingerprint density at radius 3 is 2.33 bits per heavy atom. The van der Waals surface area contributed by atoms with Crippen LogP contribution in [0.2, 0.25) is 0 Å². The first kappa shape index (κ1) is 31.9. The monoisotopic (exact) mass is 581 g/mol. The number of nitrogens with one attached hydrogen (secondary N) is 1. The summed E-state index contributed by atoms with van der Waals surface area (Å²) in [5.74, 6) is -0.127. The lowest BCUT2D eigenvalue weighted by Gasteiger charge is -2.43. The zero-order valence-corrected chi connectivity index (χ0v) is 26.7. The number of amides is 3. The smallest absolute Gasteiger partial charge is 0.411 e. The van der Waals surface area contributed by atoms with Gasteiger partial charge in [-0.05, 0) is 75.7 Å². The second-order valence-corrected chi connectivity index (χ2v) is 15.4. The molecule has 8 heteroatoms. The molecule has 0 unspecified atom stereocenters. The van der Waals surface area contributed by atoms with Gasteiger partial charge in [0.2, 0.25) is 5.91 Å². The Balaban J connectivity index is 1.53. The van der Waals surface area contributed by atoms with Crippen molar-refractivity contribution in [2.75, 3.05) is 13.1 Å². The van der Waals surface area contributed by atoms with E-state index in [1.807, 2.05) is 57.2 Å². The van der Waals surface area contributed by atoms with Gasteiger partial charge in [0.25, 0.3) is 0 Å². The Morgan fingerprint density at radius 2 is 1.74 bits per heavy atom. The van der Waals surface area contributed by atoms with Crippen molar-refractivity contribution in [1.82, 2.24) is 15.1 Å². The average molecular weight is 582 g/mol. The van der Waals surface area contributed by atoms with E-state index in [9.17, 15) is 14.4 Å². The summed E-state index contributed by atoms with van der Waals surface area (Å²) in [6.07, 6.45) is 5.85. The van der Waals surface area contributed by atoms with Crippen molar-refractivity contribution in [3.63, 3.8) is 0 Å². The molecule has 0 aromatic heterocycles. The zero-order valence-electron chi connectivity index (χ0n) is 26.7. The summed E-state index contributed by atoms with van der Waals surface area (Å²) >= 11 is 0. The highest BCUT2D eigenvalue weighted by molar-refractivity contribution is 5.88. The van der Waals surface area contributed by atoms with Gasteiger partial charge in [-0.25, -0.2) is 9.59 Å². The first-order chi connectivity index (χ1) is 19.5. The van der Waals surface area contributed by atoms with E-state index in [1.54, 1.807) is 9.80 Å². The number of nitrogens with zero attached hydrogens (tertiary/aromatic N) is 2. The summed E-state index contributed by atoms with van der Waals surface area (Å²) < 4.78 is 11.6. The number of rotatable bonds is 11. The molecule has 3 atom stereocenters. The summed E-state index contributed by atoms with van der Waals surface area (Å²) in [7, 11) is 0. The van der Waals surface area contributed by atoms with Crippen LogP contribution in [0.15, 0.2) is 43.0 Å². The fraction of sp³-hybridized carbons (Fsp3) is 0.676. The molecule has 42 heavy (non-hydrogen) atoms. The van der Waals surface area contributed by atoms with Gasteiger partial charge in [0.15, 0.2) is 0 Å². The molecule has 2 saturated carbocycles.